The van der Waals surface area contributed by atoms with Gasteiger partial charge >= 0.3 is 5.88 Å². The first-order chi connectivity index (χ1) is 8.49. The van der Waals surface area contributed by atoms with Crippen LogP contribution >= 0.6 is 11.3 Å². The van der Waals surface area contributed by atoms with Gasteiger partial charge in [-0.05, 0) is 17.7 Å². The van der Waals surface area contributed by atoms with E-state index in [4.69, 9.17) is 0 Å². The van der Waals surface area contributed by atoms with Crippen LogP contribution in [0, 0.1) is 10.1 Å². The largest absolute Gasteiger partial charge is 0.306 e. The van der Waals surface area contributed by atoms with Gasteiger partial charge < -0.3 is 0 Å². The molecule has 0 aliphatic heterocycles. The normalized spacial score (nSPS) is 11.3. The molecule has 0 aliphatic carbocycles. The Morgan fingerprint density at radius 3 is 2.39 bits per heavy atom. The number of sulfone groups is 1. The average Bonchev–Trinajstić information content (AvgIpc) is 2.78. The van der Waals surface area contributed by atoms with E-state index in [1.165, 1.54) is 6.07 Å². The van der Waals surface area contributed by atoms with E-state index in [1.807, 2.05) is 30.3 Å². The summed E-state index contributed by atoms with van der Waals surface area (Å²) in [5.74, 6) is -1.07. The van der Waals surface area contributed by atoms with Crippen LogP contribution in [0.4, 0.5) is 0 Å². The second-order valence-electron chi connectivity index (χ2n) is 3.56. The van der Waals surface area contributed by atoms with Crippen molar-refractivity contribution in [2.45, 2.75) is 4.21 Å². The number of rotatable bonds is 4. The van der Waals surface area contributed by atoms with Gasteiger partial charge in [0.05, 0.1) is 0 Å². The predicted molar refractivity (Wildman–Crippen MR) is 68.8 cm³/mol. The Morgan fingerprint density at radius 2 is 1.78 bits per heavy atom. The molecule has 2 rings (SSSR count). The zero-order valence-electron chi connectivity index (χ0n) is 9.15. The van der Waals surface area contributed by atoms with Gasteiger partial charge in [-0.25, -0.2) is 8.42 Å². The minimum Gasteiger partial charge on any atom is -0.263 e. The molecule has 0 saturated heterocycles. The minimum absolute atomic E-state index is 0.0260. The lowest BCUT2D eigenvalue weighted by Crippen LogP contribution is -2.13. The second kappa shape index (κ2) is 4.87. The van der Waals surface area contributed by atoms with Crippen molar-refractivity contribution in [3.8, 4) is 10.4 Å². The quantitative estimate of drug-likeness (QED) is 0.637. The van der Waals surface area contributed by atoms with Gasteiger partial charge in [-0.1, -0.05) is 30.3 Å². The monoisotopic (exact) mass is 283 g/mol. The SMILES string of the molecule is O=[N+]([O-])CS(=O)(=O)c1ccc(-c2ccccc2)s1. The third kappa shape index (κ3) is 2.74. The third-order valence-corrected chi connectivity index (χ3v) is 5.46. The molecule has 0 fully saturated rings. The van der Waals surface area contributed by atoms with Gasteiger partial charge in [0.15, 0.2) is 0 Å². The number of thiophene rings is 1. The van der Waals surface area contributed by atoms with Crippen molar-refractivity contribution in [2.24, 2.45) is 0 Å². The van der Waals surface area contributed by atoms with Crippen LogP contribution in [0.1, 0.15) is 0 Å². The summed E-state index contributed by atoms with van der Waals surface area (Å²) in [6.45, 7) is 0. The maximum atomic E-state index is 11.7. The summed E-state index contributed by atoms with van der Waals surface area (Å²) < 4.78 is 23.3. The van der Waals surface area contributed by atoms with E-state index in [2.05, 4.69) is 0 Å². The molecule has 0 spiro atoms. The van der Waals surface area contributed by atoms with E-state index in [0.717, 1.165) is 21.8 Å². The van der Waals surface area contributed by atoms with E-state index in [-0.39, 0.29) is 4.21 Å². The fourth-order valence-electron chi connectivity index (χ4n) is 1.45. The highest BCUT2D eigenvalue weighted by molar-refractivity contribution is 7.93. The van der Waals surface area contributed by atoms with E-state index in [9.17, 15) is 18.5 Å². The van der Waals surface area contributed by atoms with Gasteiger partial charge in [0.25, 0.3) is 9.84 Å². The molecule has 0 radical (unpaired) electrons. The molecular weight excluding hydrogens is 274 g/mol. The zero-order chi connectivity index (χ0) is 13.2. The molecular formula is C11H9NO4S2. The van der Waals surface area contributed by atoms with Crippen LogP contribution in [-0.2, 0) is 9.84 Å². The lowest BCUT2D eigenvalue weighted by atomic mass is 10.2. The number of nitro groups is 1. The molecule has 1 aromatic carbocycles. The highest BCUT2D eigenvalue weighted by Crippen LogP contribution is 2.30. The van der Waals surface area contributed by atoms with Gasteiger partial charge in [-0.2, -0.15) is 0 Å². The maximum absolute atomic E-state index is 11.7. The van der Waals surface area contributed by atoms with Crippen LogP contribution in [0.5, 0.6) is 0 Å². The lowest BCUT2D eigenvalue weighted by Gasteiger charge is -1.96. The van der Waals surface area contributed by atoms with Crippen LogP contribution in [0.3, 0.4) is 0 Å². The number of benzene rings is 1. The molecule has 7 heteroatoms. The second-order valence-corrected chi connectivity index (χ2v) is 6.83. The molecule has 0 N–H and O–H groups in total. The Kier molecular flexibility index (Phi) is 3.44. The van der Waals surface area contributed by atoms with Crippen molar-refractivity contribution in [3.63, 3.8) is 0 Å². The molecule has 0 bridgehead atoms. The Balaban J connectivity index is 2.35. The predicted octanol–water partition coefficient (Wildman–Crippen LogP) is 2.42. The van der Waals surface area contributed by atoms with Gasteiger partial charge in [0.1, 0.15) is 4.21 Å². The first-order valence-corrected chi connectivity index (χ1v) is 7.46. The molecule has 2 aromatic rings. The summed E-state index contributed by atoms with van der Waals surface area (Å²) in [5.41, 5.74) is 0.894. The van der Waals surface area contributed by atoms with Crippen LogP contribution in [0.15, 0.2) is 46.7 Å². The lowest BCUT2D eigenvalue weighted by molar-refractivity contribution is -0.458. The molecule has 18 heavy (non-hydrogen) atoms. The van der Waals surface area contributed by atoms with Crippen molar-refractivity contribution in [1.29, 1.82) is 0 Å². The summed E-state index contributed by atoms with van der Waals surface area (Å²) in [4.78, 5) is 10.2. The number of hydrogen-bond donors (Lipinski definition) is 0. The van der Waals surface area contributed by atoms with Gasteiger partial charge in [0, 0.05) is 9.80 Å². The molecule has 0 atom stereocenters. The molecule has 94 valence electrons. The Bertz CT molecular complexity index is 661. The molecule has 0 amide bonds. The summed E-state index contributed by atoms with van der Waals surface area (Å²) in [5, 5.41) is 10.3. The highest BCUT2D eigenvalue weighted by Gasteiger charge is 2.23. The van der Waals surface area contributed by atoms with Gasteiger partial charge in [-0.3, -0.25) is 10.1 Å². The van der Waals surface area contributed by atoms with Gasteiger partial charge in [0.2, 0.25) is 0 Å². The van der Waals surface area contributed by atoms with Crippen LogP contribution in [0.25, 0.3) is 10.4 Å². The Morgan fingerprint density at radius 1 is 1.11 bits per heavy atom. The van der Waals surface area contributed by atoms with E-state index in [1.54, 1.807) is 6.07 Å². The first-order valence-electron chi connectivity index (χ1n) is 4.99. The standard InChI is InChI=1S/C11H9NO4S2/c13-12(14)8-18(15,16)11-7-6-10(17-11)9-4-2-1-3-5-9/h1-7H,8H2. The molecule has 5 nitrogen and oxygen atoms in total. The third-order valence-electron chi connectivity index (χ3n) is 2.22. The summed E-state index contributed by atoms with van der Waals surface area (Å²) in [7, 11) is -3.83. The van der Waals surface area contributed by atoms with Crippen molar-refractivity contribution in [1.82, 2.24) is 0 Å². The average molecular weight is 283 g/mol. The maximum Gasteiger partial charge on any atom is 0.306 e. The summed E-state index contributed by atoms with van der Waals surface area (Å²) in [6.07, 6.45) is 0. The van der Waals surface area contributed by atoms with Gasteiger partial charge in [-0.15, -0.1) is 11.3 Å². The van der Waals surface area contributed by atoms with Crippen molar-refractivity contribution in [2.75, 3.05) is 5.88 Å². The number of nitrogens with zero attached hydrogens (tertiary/aromatic N) is 1. The highest BCUT2D eigenvalue weighted by atomic mass is 32.2. The van der Waals surface area contributed by atoms with Crippen molar-refractivity contribution >= 4 is 21.2 Å². The first kappa shape index (κ1) is 12.7. The van der Waals surface area contributed by atoms with Crippen LogP contribution in [0.2, 0.25) is 0 Å². The molecule has 0 aliphatic rings. The zero-order valence-corrected chi connectivity index (χ0v) is 10.8. The molecule has 0 saturated carbocycles. The Labute approximate surface area is 108 Å². The Hall–Kier alpha value is -1.73. The van der Waals surface area contributed by atoms with E-state index >= 15 is 0 Å². The van der Waals surface area contributed by atoms with Crippen molar-refractivity contribution in [3.05, 3.63) is 52.6 Å². The fourth-order valence-corrected chi connectivity index (χ4v) is 3.81. The van der Waals surface area contributed by atoms with Crippen LogP contribution < -0.4 is 0 Å². The van der Waals surface area contributed by atoms with Crippen molar-refractivity contribution < 1.29 is 13.3 Å². The number of hydrogen-bond acceptors (Lipinski definition) is 5. The molecule has 1 heterocycles. The molecule has 1 aromatic heterocycles. The minimum atomic E-state index is -3.83. The summed E-state index contributed by atoms with van der Waals surface area (Å²) >= 11 is 1.04. The molecule has 0 unspecified atom stereocenters. The van der Waals surface area contributed by atoms with E-state index in [0.29, 0.717) is 0 Å². The summed E-state index contributed by atoms with van der Waals surface area (Å²) in [6, 6.07) is 12.3. The fraction of sp³-hybridized carbons (Fsp3) is 0.0909. The van der Waals surface area contributed by atoms with E-state index < -0.39 is 20.6 Å². The smallest absolute Gasteiger partial charge is 0.263 e. The topological polar surface area (TPSA) is 77.3 Å². The van der Waals surface area contributed by atoms with Crippen LogP contribution in [-0.4, -0.2) is 19.2 Å².